The van der Waals surface area contributed by atoms with Crippen LogP contribution in [-0.4, -0.2) is 22.8 Å². The summed E-state index contributed by atoms with van der Waals surface area (Å²) in [5.74, 6) is 1.11. The van der Waals surface area contributed by atoms with Crippen LogP contribution in [0.2, 0.25) is 5.02 Å². The predicted octanol–water partition coefficient (Wildman–Crippen LogP) is 4.08. The Bertz CT molecular complexity index is 571. The second kappa shape index (κ2) is 7.20. The average Bonchev–Trinajstić information content (AvgIpc) is 2.83. The zero-order valence-corrected chi connectivity index (χ0v) is 13.8. The van der Waals surface area contributed by atoms with Gasteiger partial charge >= 0.3 is 0 Å². The molecule has 1 aromatic heterocycles. The van der Waals surface area contributed by atoms with Gasteiger partial charge in [0.1, 0.15) is 0 Å². The van der Waals surface area contributed by atoms with E-state index < -0.39 is 0 Å². The van der Waals surface area contributed by atoms with Crippen molar-refractivity contribution in [1.82, 2.24) is 15.5 Å². The maximum absolute atomic E-state index is 6.17. The van der Waals surface area contributed by atoms with Crippen molar-refractivity contribution in [3.05, 3.63) is 33.6 Å². The summed E-state index contributed by atoms with van der Waals surface area (Å²) < 4.78 is 6.57. The molecule has 1 heterocycles. The Hall–Kier alpha value is -0.910. The number of benzene rings is 1. The molecule has 0 amide bonds. The lowest BCUT2D eigenvalue weighted by molar-refractivity contribution is 0.484. The van der Waals surface area contributed by atoms with Crippen LogP contribution in [0.5, 0.6) is 0 Å². The molecule has 0 saturated heterocycles. The molecular formula is C14H17BrClN3O. The third-order valence-corrected chi connectivity index (χ3v) is 3.55. The topological polar surface area (TPSA) is 51.0 Å². The minimum absolute atomic E-state index is 0.467. The van der Waals surface area contributed by atoms with Crippen LogP contribution in [0.15, 0.2) is 27.1 Å². The first-order valence-corrected chi connectivity index (χ1v) is 7.74. The van der Waals surface area contributed by atoms with E-state index in [9.17, 15) is 0 Å². The van der Waals surface area contributed by atoms with E-state index in [0.717, 1.165) is 29.4 Å². The van der Waals surface area contributed by atoms with Gasteiger partial charge in [0, 0.05) is 16.9 Å². The van der Waals surface area contributed by atoms with Crippen molar-refractivity contribution < 1.29 is 4.42 Å². The summed E-state index contributed by atoms with van der Waals surface area (Å²) in [7, 11) is 0. The van der Waals surface area contributed by atoms with E-state index in [1.165, 1.54) is 0 Å². The molecule has 0 bridgehead atoms. The maximum atomic E-state index is 6.17. The van der Waals surface area contributed by atoms with Crippen molar-refractivity contribution in [2.75, 3.05) is 6.54 Å². The predicted molar refractivity (Wildman–Crippen MR) is 83.9 cm³/mol. The van der Waals surface area contributed by atoms with Crippen LogP contribution >= 0.6 is 27.5 Å². The number of nitrogens with one attached hydrogen (secondary N) is 1. The van der Waals surface area contributed by atoms with Crippen LogP contribution in [0.25, 0.3) is 11.5 Å². The van der Waals surface area contributed by atoms with E-state index in [0.29, 0.717) is 22.8 Å². The van der Waals surface area contributed by atoms with Gasteiger partial charge in [-0.15, -0.1) is 10.2 Å². The fourth-order valence-electron chi connectivity index (χ4n) is 1.76. The molecule has 6 heteroatoms. The summed E-state index contributed by atoms with van der Waals surface area (Å²) in [5.41, 5.74) is 0.758. The summed E-state index contributed by atoms with van der Waals surface area (Å²) in [5, 5.41) is 12.1. The fourth-order valence-corrected chi connectivity index (χ4v) is 2.51. The second-order valence-electron chi connectivity index (χ2n) is 4.84. The first-order chi connectivity index (χ1) is 9.56. The zero-order valence-electron chi connectivity index (χ0n) is 11.5. The molecule has 2 aromatic rings. The van der Waals surface area contributed by atoms with Gasteiger partial charge in [-0.25, -0.2) is 0 Å². The van der Waals surface area contributed by atoms with Crippen molar-refractivity contribution in [2.24, 2.45) is 0 Å². The van der Waals surface area contributed by atoms with Crippen molar-refractivity contribution in [3.63, 3.8) is 0 Å². The molecule has 0 atom stereocenters. The lowest BCUT2D eigenvalue weighted by atomic mass is 10.2. The molecular weight excluding hydrogens is 342 g/mol. The first-order valence-electron chi connectivity index (χ1n) is 6.57. The van der Waals surface area contributed by atoms with Crippen LogP contribution < -0.4 is 5.32 Å². The number of aryl methyl sites for hydroxylation is 1. The number of nitrogens with zero attached hydrogens (tertiary/aromatic N) is 2. The number of aromatic nitrogens is 2. The van der Waals surface area contributed by atoms with Gasteiger partial charge in [-0.3, -0.25) is 0 Å². The van der Waals surface area contributed by atoms with Gasteiger partial charge in [-0.2, -0.15) is 0 Å². The van der Waals surface area contributed by atoms with E-state index in [1.54, 1.807) is 0 Å². The standard InChI is InChI=1S/C14H17BrClN3O/c1-9(2)17-7-3-4-13-18-19-14(20-13)11-6-5-10(15)8-12(11)16/h5-6,8-9,17H,3-4,7H2,1-2H3. The molecule has 0 aliphatic heterocycles. The first kappa shape index (κ1) is 15.5. The van der Waals surface area contributed by atoms with E-state index >= 15 is 0 Å². The number of halogens is 2. The average molecular weight is 359 g/mol. The highest BCUT2D eigenvalue weighted by molar-refractivity contribution is 9.10. The van der Waals surface area contributed by atoms with Crippen molar-refractivity contribution in [2.45, 2.75) is 32.7 Å². The SMILES string of the molecule is CC(C)NCCCc1nnc(-c2ccc(Br)cc2Cl)o1. The molecule has 108 valence electrons. The summed E-state index contributed by atoms with van der Waals surface area (Å²) >= 11 is 9.54. The highest BCUT2D eigenvalue weighted by atomic mass is 79.9. The molecule has 0 unspecified atom stereocenters. The largest absolute Gasteiger partial charge is 0.421 e. The minimum Gasteiger partial charge on any atom is -0.421 e. The molecule has 0 spiro atoms. The van der Waals surface area contributed by atoms with Crippen LogP contribution in [0.1, 0.15) is 26.2 Å². The molecule has 0 radical (unpaired) electrons. The molecule has 1 N–H and O–H groups in total. The zero-order chi connectivity index (χ0) is 14.5. The van der Waals surface area contributed by atoms with Crippen molar-refractivity contribution >= 4 is 27.5 Å². The summed E-state index contributed by atoms with van der Waals surface area (Å²) in [6.07, 6.45) is 1.73. The fraction of sp³-hybridized carbons (Fsp3) is 0.429. The Labute approximate surface area is 132 Å². The summed E-state index contributed by atoms with van der Waals surface area (Å²) in [4.78, 5) is 0. The number of hydrogen-bond acceptors (Lipinski definition) is 4. The Morgan fingerprint density at radius 1 is 1.35 bits per heavy atom. The van der Waals surface area contributed by atoms with Crippen LogP contribution in [0.3, 0.4) is 0 Å². The van der Waals surface area contributed by atoms with Crippen LogP contribution in [-0.2, 0) is 6.42 Å². The van der Waals surface area contributed by atoms with Crippen LogP contribution in [0, 0.1) is 0 Å². The quantitative estimate of drug-likeness (QED) is 0.790. The van der Waals surface area contributed by atoms with Gasteiger partial charge in [0.25, 0.3) is 0 Å². The molecule has 1 aromatic carbocycles. The monoisotopic (exact) mass is 357 g/mol. The van der Waals surface area contributed by atoms with Crippen molar-refractivity contribution in [3.8, 4) is 11.5 Å². The lowest BCUT2D eigenvalue weighted by Crippen LogP contribution is -2.23. The number of rotatable bonds is 6. The minimum atomic E-state index is 0.467. The Kier molecular flexibility index (Phi) is 5.57. The second-order valence-corrected chi connectivity index (χ2v) is 6.16. The van der Waals surface area contributed by atoms with Gasteiger partial charge in [0.05, 0.1) is 10.6 Å². The highest BCUT2D eigenvalue weighted by Crippen LogP contribution is 2.29. The molecule has 0 aliphatic rings. The highest BCUT2D eigenvalue weighted by Gasteiger charge is 2.12. The molecule has 0 saturated carbocycles. The third-order valence-electron chi connectivity index (χ3n) is 2.75. The van der Waals surface area contributed by atoms with Crippen molar-refractivity contribution in [1.29, 1.82) is 0 Å². The summed E-state index contributed by atoms with van der Waals surface area (Å²) in [6, 6.07) is 6.07. The number of hydrogen-bond donors (Lipinski definition) is 1. The van der Waals surface area contributed by atoms with Gasteiger partial charge in [-0.05, 0) is 31.2 Å². The van der Waals surface area contributed by atoms with Gasteiger partial charge in [-0.1, -0.05) is 41.4 Å². The lowest BCUT2D eigenvalue weighted by Gasteiger charge is -2.05. The van der Waals surface area contributed by atoms with E-state index in [-0.39, 0.29) is 0 Å². The Balaban J connectivity index is 1.98. The third kappa shape index (κ3) is 4.30. The van der Waals surface area contributed by atoms with E-state index in [1.807, 2.05) is 18.2 Å². The Morgan fingerprint density at radius 3 is 2.85 bits per heavy atom. The van der Waals surface area contributed by atoms with Gasteiger partial charge in [0.15, 0.2) is 0 Å². The molecule has 2 rings (SSSR count). The molecule has 0 fully saturated rings. The summed E-state index contributed by atoms with van der Waals surface area (Å²) in [6.45, 7) is 5.19. The molecule has 4 nitrogen and oxygen atoms in total. The smallest absolute Gasteiger partial charge is 0.249 e. The normalized spacial score (nSPS) is 11.2. The Morgan fingerprint density at radius 2 is 2.15 bits per heavy atom. The molecule has 20 heavy (non-hydrogen) atoms. The van der Waals surface area contributed by atoms with E-state index in [2.05, 4.69) is 45.3 Å². The maximum Gasteiger partial charge on any atom is 0.249 e. The van der Waals surface area contributed by atoms with E-state index in [4.69, 9.17) is 16.0 Å². The molecule has 0 aliphatic carbocycles. The van der Waals surface area contributed by atoms with Gasteiger partial charge < -0.3 is 9.73 Å². The van der Waals surface area contributed by atoms with Crippen LogP contribution in [0.4, 0.5) is 0 Å². The van der Waals surface area contributed by atoms with Gasteiger partial charge in [0.2, 0.25) is 11.8 Å².